The van der Waals surface area contributed by atoms with Gasteiger partial charge in [0.1, 0.15) is 17.0 Å². The number of nitrogens with zero attached hydrogens (tertiary/aromatic N) is 5. The van der Waals surface area contributed by atoms with Crippen molar-refractivity contribution in [1.29, 1.82) is 0 Å². The summed E-state index contributed by atoms with van der Waals surface area (Å²) in [5, 5.41) is 12.4. The number of carbonyl (C=O) groups excluding carboxylic acids is 1. The van der Waals surface area contributed by atoms with Crippen LogP contribution in [0.25, 0.3) is 16.9 Å². The predicted octanol–water partition coefficient (Wildman–Crippen LogP) is 3.47. The first-order chi connectivity index (χ1) is 15.1. The first kappa shape index (κ1) is 19.5. The molecule has 1 N–H and O–H groups in total. The van der Waals surface area contributed by atoms with E-state index in [1.807, 2.05) is 16.9 Å². The van der Waals surface area contributed by atoms with E-state index in [2.05, 4.69) is 15.4 Å². The number of carbonyl (C=O) groups is 1. The minimum atomic E-state index is -0.322. The summed E-state index contributed by atoms with van der Waals surface area (Å²) in [7, 11) is 1.56. The highest BCUT2D eigenvalue weighted by Gasteiger charge is 2.23. The summed E-state index contributed by atoms with van der Waals surface area (Å²) in [6.07, 6.45) is 7.54. The van der Waals surface area contributed by atoms with E-state index in [0.29, 0.717) is 46.6 Å². The van der Waals surface area contributed by atoms with Gasteiger partial charge in [0.2, 0.25) is 0 Å². The number of fused-ring (bicyclic) bond motifs is 1. The van der Waals surface area contributed by atoms with Gasteiger partial charge >= 0.3 is 0 Å². The first-order valence-electron chi connectivity index (χ1n) is 9.74. The molecule has 31 heavy (non-hydrogen) atoms. The Balaban J connectivity index is 1.53. The molecule has 1 aromatic carbocycles. The number of rotatable bonds is 5. The summed E-state index contributed by atoms with van der Waals surface area (Å²) >= 11 is 6.33. The lowest BCUT2D eigenvalue weighted by Crippen LogP contribution is -2.12. The van der Waals surface area contributed by atoms with E-state index in [1.165, 1.54) is 6.20 Å². The Morgan fingerprint density at radius 1 is 1.39 bits per heavy atom. The minimum absolute atomic E-state index is 0.108. The van der Waals surface area contributed by atoms with Crippen LogP contribution in [0.1, 0.15) is 22.8 Å². The maximum absolute atomic E-state index is 13.1. The van der Waals surface area contributed by atoms with Crippen LogP contribution < -0.4 is 10.1 Å². The lowest BCUT2D eigenvalue weighted by Gasteiger charge is -2.07. The Morgan fingerprint density at radius 3 is 3.06 bits per heavy atom. The Morgan fingerprint density at radius 2 is 2.29 bits per heavy atom. The number of aromatic nitrogens is 5. The molecule has 1 fully saturated rings. The molecule has 1 amide bonds. The molecule has 9 nitrogen and oxygen atoms in total. The molecule has 158 valence electrons. The number of anilines is 1. The molecule has 0 aliphatic carbocycles. The molecular formula is C21H19ClN6O3. The van der Waals surface area contributed by atoms with Gasteiger partial charge in [-0.1, -0.05) is 11.6 Å². The van der Waals surface area contributed by atoms with E-state index in [9.17, 15) is 4.79 Å². The summed E-state index contributed by atoms with van der Waals surface area (Å²) in [5.41, 5.74) is 2.78. The van der Waals surface area contributed by atoms with Gasteiger partial charge in [0.25, 0.3) is 5.91 Å². The van der Waals surface area contributed by atoms with Gasteiger partial charge in [-0.25, -0.2) is 9.50 Å². The topological polar surface area (TPSA) is 95.6 Å². The van der Waals surface area contributed by atoms with Crippen LogP contribution in [0, 0.1) is 0 Å². The zero-order valence-electron chi connectivity index (χ0n) is 16.7. The van der Waals surface area contributed by atoms with Crippen LogP contribution in [0.2, 0.25) is 5.02 Å². The highest BCUT2D eigenvalue weighted by molar-refractivity contribution is 6.32. The molecule has 4 heterocycles. The van der Waals surface area contributed by atoms with Gasteiger partial charge in [0.15, 0.2) is 5.65 Å². The molecule has 4 aromatic rings. The summed E-state index contributed by atoms with van der Waals surface area (Å²) in [6.45, 7) is 1.26. The van der Waals surface area contributed by atoms with Crippen LogP contribution in [-0.4, -0.2) is 50.6 Å². The molecule has 3 aromatic heterocycles. The number of halogens is 1. The Hall–Kier alpha value is -3.43. The molecule has 10 heteroatoms. The smallest absolute Gasteiger partial charge is 0.261 e. The fourth-order valence-electron chi connectivity index (χ4n) is 3.60. The minimum Gasteiger partial charge on any atom is -0.495 e. The summed E-state index contributed by atoms with van der Waals surface area (Å²) in [6, 6.07) is 7.26. The van der Waals surface area contributed by atoms with E-state index in [4.69, 9.17) is 26.2 Å². The Labute approximate surface area is 182 Å². The molecule has 1 aliphatic rings. The molecular weight excluding hydrogens is 420 g/mol. The zero-order valence-corrected chi connectivity index (χ0v) is 17.4. The maximum Gasteiger partial charge on any atom is 0.261 e. The lowest BCUT2D eigenvalue weighted by molar-refractivity contribution is 0.102. The highest BCUT2D eigenvalue weighted by Crippen LogP contribution is 2.34. The Bertz CT molecular complexity index is 1260. The van der Waals surface area contributed by atoms with Crippen molar-refractivity contribution in [3.63, 3.8) is 0 Å². The van der Waals surface area contributed by atoms with Gasteiger partial charge < -0.3 is 14.8 Å². The molecule has 1 saturated heterocycles. The van der Waals surface area contributed by atoms with Crippen LogP contribution >= 0.6 is 11.6 Å². The number of hydrogen-bond donors (Lipinski definition) is 1. The van der Waals surface area contributed by atoms with Crippen LogP contribution in [0.4, 0.5) is 5.69 Å². The normalized spacial score (nSPS) is 16.0. The highest BCUT2D eigenvalue weighted by atomic mass is 35.5. The number of methoxy groups -OCH3 is 1. The second-order valence-electron chi connectivity index (χ2n) is 7.14. The number of hydrogen-bond acceptors (Lipinski definition) is 6. The van der Waals surface area contributed by atoms with Gasteiger partial charge in [0.05, 0.1) is 36.7 Å². The fourth-order valence-corrected chi connectivity index (χ4v) is 3.86. The average molecular weight is 439 g/mol. The monoisotopic (exact) mass is 438 g/mol. The first-order valence-corrected chi connectivity index (χ1v) is 10.1. The van der Waals surface area contributed by atoms with Gasteiger partial charge in [0, 0.05) is 30.8 Å². The quantitative estimate of drug-likeness (QED) is 0.512. The third-order valence-corrected chi connectivity index (χ3v) is 5.50. The summed E-state index contributed by atoms with van der Waals surface area (Å²) in [4.78, 5) is 17.3. The number of nitrogens with one attached hydrogen (secondary N) is 1. The fraction of sp³-hybridized carbons (Fsp3) is 0.238. The third kappa shape index (κ3) is 3.62. The van der Waals surface area contributed by atoms with Crippen molar-refractivity contribution in [3.8, 4) is 17.0 Å². The van der Waals surface area contributed by atoms with Crippen molar-refractivity contribution in [1.82, 2.24) is 24.4 Å². The van der Waals surface area contributed by atoms with E-state index in [0.717, 1.165) is 12.0 Å². The second-order valence-corrected chi connectivity index (χ2v) is 7.55. The molecule has 0 spiro atoms. The van der Waals surface area contributed by atoms with Crippen LogP contribution in [0.5, 0.6) is 5.75 Å². The Kier molecular flexibility index (Phi) is 5.05. The predicted molar refractivity (Wildman–Crippen MR) is 115 cm³/mol. The van der Waals surface area contributed by atoms with Crippen LogP contribution in [0.3, 0.4) is 0 Å². The van der Waals surface area contributed by atoms with E-state index in [-0.39, 0.29) is 11.9 Å². The second kappa shape index (κ2) is 8.01. The summed E-state index contributed by atoms with van der Waals surface area (Å²) in [5.74, 6) is 0.244. The molecule has 1 aliphatic heterocycles. The zero-order chi connectivity index (χ0) is 21.4. The molecule has 0 bridgehead atoms. The third-order valence-electron chi connectivity index (χ3n) is 5.21. The molecule has 0 radical (unpaired) electrons. The summed E-state index contributed by atoms with van der Waals surface area (Å²) < 4.78 is 14.1. The number of ether oxygens (including phenoxy) is 2. The van der Waals surface area contributed by atoms with Crippen molar-refractivity contribution in [2.75, 3.05) is 25.6 Å². The molecule has 0 saturated carbocycles. The lowest BCUT2D eigenvalue weighted by atomic mass is 10.1. The van der Waals surface area contributed by atoms with E-state index < -0.39 is 0 Å². The van der Waals surface area contributed by atoms with Crippen molar-refractivity contribution < 1.29 is 14.3 Å². The molecule has 1 atom stereocenters. The van der Waals surface area contributed by atoms with Gasteiger partial charge in [-0.05, 0) is 30.7 Å². The van der Waals surface area contributed by atoms with E-state index in [1.54, 1.807) is 42.2 Å². The average Bonchev–Trinajstić information content (AvgIpc) is 3.53. The van der Waals surface area contributed by atoms with Crippen molar-refractivity contribution >= 4 is 28.8 Å². The van der Waals surface area contributed by atoms with Gasteiger partial charge in [-0.3, -0.25) is 9.48 Å². The van der Waals surface area contributed by atoms with Crippen LogP contribution in [0.15, 0.2) is 49.1 Å². The van der Waals surface area contributed by atoms with Crippen molar-refractivity contribution in [2.45, 2.75) is 12.5 Å². The molecule has 1 unspecified atom stereocenters. The SMILES string of the molecule is COc1ccc(-c2nn(C3CCOC3)cc2NC(=O)c2cnn3cccnc23)cc1Cl. The maximum atomic E-state index is 13.1. The standard InChI is InChI=1S/C21H19ClN6O3/c1-30-18-4-3-13(9-16(18)22)19-17(11-28(26-19)14-5-8-31-12-14)25-21(29)15-10-24-27-7-2-6-23-20(15)27/h2-4,6-7,9-11,14H,5,8,12H2,1H3,(H,25,29). The number of amides is 1. The van der Waals surface area contributed by atoms with Crippen molar-refractivity contribution in [3.05, 3.63) is 59.6 Å². The number of benzene rings is 1. The van der Waals surface area contributed by atoms with Crippen molar-refractivity contribution in [2.24, 2.45) is 0 Å². The molecule has 5 rings (SSSR count). The van der Waals surface area contributed by atoms with Crippen LogP contribution in [-0.2, 0) is 4.74 Å². The van der Waals surface area contributed by atoms with Gasteiger partial charge in [-0.15, -0.1) is 0 Å². The van der Waals surface area contributed by atoms with E-state index >= 15 is 0 Å². The largest absolute Gasteiger partial charge is 0.495 e. The van der Waals surface area contributed by atoms with Gasteiger partial charge in [-0.2, -0.15) is 10.2 Å².